The Morgan fingerprint density at radius 3 is 2.54 bits per heavy atom. The number of ether oxygens (including phenoxy) is 1. The highest BCUT2D eigenvalue weighted by atomic mass is 32.2. The van der Waals surface area contributed by atoms with Gasteiger partial charge < -0.3 is 15.0 Å². The van der Waals surface area contributed by atoms with E-state index in [1.807, 2.05) is 18.3 Å². The van der Waals surface area contributed by atoms with Crippen LogP contribution in [0.5, 0.6) is 0 Å². The lowest BCUT2D eigenvalue weighted by Crippen LogP contribution is -2.36. The predicted molar refractivity (Wildman–Crippen MR) is 103 cm³/mol. The molecular formula is C17H24N4O3S2. The van der Waals surface area contributed by atoms with E-state index in [4.69, 9.17) is 4.74 Å². The summed E-state index contributed by atoms with van der Waals surface area (Å²) < 4.78 is 30.7. The molecule has 0 unspecified atom stereocenters. The second-order valence-electron chi connectivity index (χ2n) is 6.24. The number of nitrogens with one attached hydrogen (secondary N) is 1. The van der Waals surface area contributed by atoms with E-state index in [9.17, 15) is 8.42 Å². The number of benzene rings is 1. The number of rotatable bonds is 7. The zero-order chi connectivity index (χ0) is 18.6. The van der Waals surface area contributed by atoms with Gasteiger partial charge in [-0.25, -0.2) is 17.7 Å². The molecule has 0 radical (unpaired) electrons. The van der Waals surface area contributed by atoms with Crippen LogP contribution in [0.15, 0.2) is 35.4 Å². The molecule has 0 spiro atoms. The standard InChI is InChI=1S/C17H24N4O3S2/c1-20(2)26(22,23)16-5-3-14(4-6-16)11-18-12-15-13-19-17(25-15)21-7-9-24-10-8-21/h3-6,13,18H,7-12H2,1-2H3. The number of sulfonamides is 1. The molecule has 1 aliphatic heterocycles. The molecule has 0 saturated carbocycles. The van der Waals surface area contributed by atoms with Gasteiger partial charge in [-0.1, -0.05) is 12.1 Å². The first-order chi connectivity index (χ1) is 12.5. The largest absolute Gasteiger partial charge is 0.378 e. The normalized spacial score (nSPS) is 15.6. The highest BCUT2D eigenvalue weighted by Gasteiger charge is 2.17. The van der Waals surface area contributed by atoms with E-state index in [1.165, 1.54) is 23.3 Å². The van der Waals surface area contributed by atoms with Gasteiger partial charge in [-0.05, 0) is 17.7 Å². The molecule has 26 heavy (non-hydrogen) atoms. The predicted octanol–water partition coefficient (Wildman–Crippen LogP) is 1.52. The quantitative estimate of drug-likeness (QED) is 0.765. The van der Waals surface area contributed by atoms with Crippen LogP contribution in [0.4, 0.5) is 5.13 Å². The Kier molecular flexibility index (Phi) is 6.25. The third-order valence-electron chi connectivity index (χ3n) is 4.15. The maximum Gasteiger partial charge on any atom is 0.242 e. The zero-order valence-corrected chi connectivity index (χ0v) is 16.6. The SMILES string of the molecule is CN(C)S(=O)(=O)c1ccc(CNCc2cnc(N3CCOCC3)s2)cc1. The fourth-order valence-corrected chi connectivity index (χ4v) is 4.43. The molecule has 2 aromatic rings. The molecule has 1 saturated heterocycles. The summed E-state index contributed by atoms with van der Waals surface area (Å²) in [7, 11) is -0.307. The number of nitrogens with zero attached hydrogens (tertiary/aromatic N) is 3. The van der Waals surface area contributed by atoms with Crippen molar-refractivity contribution < 1.29 is 13.2 Å². The summed E-state index contributed by atoms with van der Waals surface area (Å²) in [5.41, 5.74) is 1.04. The van der Waals surface area contributed by atoms with E-state index in [0.29, 0.717) is 11.4 Å². The Balaban J connectivity index is 1.51. The smallest absolute Gasteiger partial charge is 0.242 e. The summed E-state index contributed by atoms with van der Waals surface area (Å²) in [6, 6.07) is 6.98. The first-order valence-corrected chi connectivity index (χ1v) is 10.7. The number of anilines is 1. The molecule has 1 N–H and O–H groups in total. The maximum absolute atomic E-state index is 12.1. The van der Waals surface area contributed by atoms with Crippen molar-refractivity contribution in [3.63, 3.8) is 0 Å². The summed E-state index contributed by atoms with van der Waals surface area (Å²) in [6.45, 7) is 4.71. The molecule has 142 valence electrons. The van der Waals surface area contributed by atoms with Gasteiger partial charge in [0.2, 0.25) is 10.0 Å². The van der Waals surface area contributed by atoms with Crippen LogP contribution in [0.25, 0.3) is 0 Å². The van der Waals surface area contributed by atoms with Gasteiger partial charge in [0, 0.05) is 51.3 Å². The van der Waals surface area contributed by atoms with Gasteiger partial charge in [-0.15, -0.1) is 11.3 Å². The molecule has 2 heterocycles. The topological polar surface area (TPSA) is 74.8 Å². The van der Waals surface area contributed by atoms with Crippen LogP contribution in [0.1, 0.15) is 10.4 Å². The Hall–Kier alpha value is -1.52. The van der Waals surface area contributed by atoms with Crippen LogP contribution in [-0.2, 0) is 27.8 Å². The van der Waals surface area contributed by atoms with Crippen molar-refractivity contribution in [2.45, 2.75) is 18.0 Å². The monoisotopic (exact) mass is 396 g/mol. The van der Waals surface area contributed by atoms with Crippen LogP contribution in [0.2, 0.25) is 0 Å². The van der Waals surface area contributed by atoms with Crippen molar-refractivity contribution in [1.29, 1.82) is 0 Å². The van der Waals surface area contributed by atoms with Crippen molar-refractivity contribution in [2.75, 3.05) is 45.3 Å². The number of thiazole rings is 1. The molecule has 0 bridgehead atoms. The fraction of sp³-hybridized carbons (Fsp3) is 0.471. The van der Waals surface area contributed by atoms with Crippen LogP contribution in [0.3, 0.4) is 0 Å². The molecule has 0 atom stereocenters. The summed E-state index contributed by atoms with van der Waals surface area (Å²) in [6.07, 6.45) is 1.91. The van der Waals surface area contributed by atoms with Crippen LogP contribution >= 0.6 is 11.3 Å². The minimum absolute atomic E-state index is 0.309. The van der Waals surface area contributed by atoms with Crippen LogP contribution in [0, 0.1) is 0 Å². The van der Waals surface area contributed by atoms with Crippen LogP contribution in [-0.4, -0.2) is 58.1 Å². The molecule has 0 amide bonds. The molecule has 1 aliphatic rings. The fourth-order valence-electron chi connectivity index (χ4n) is 2.60. The van der Waals surface area contributed by atoms with Crippen molar-refractivity contribution in [2.24, 2.45) is 0 Å². The van der Waals surface area contributed by atoms with Gasteiger partial charge in [0.1, 0.15) is 0 Å². The van der Waals surface area contributed by atoms with Gasteiger partial charge in [-0.3, -0.25) is 0 Å². The molecule has 0 aliphatic carbocycles. The van der Waals surface area contributed by atoms with Crippen molar-refractivity contribution >= 4 is 26.5 Å². The lowest BCUT2D eigenvalue weighted by molar-refractivity contribution is 0.122. The minimum Gasteiger partial charge on any atom is -0.378 e. The van der Waals surface area contributed by atoms with E-state index in [0.717, 1.165) is 43.5 Å². The summed E-state index contributed by atoms with van der Waals surface area (Å²) >= 11 is 1.70. The summed E-state index contributed by atoms with van der Waals surface area (Å²) in [4.78, 5) is 8.24. The Labute approximate surface area is 158 Å². The molecule has 3 rings (SSSR count). The third-order valence-corrected chi connectivity index (χ3v) is 7.04. The maximum atomic E-state index is 12.1. The van der Waals surface area contributed by atoms with E-state index in [-0.39, 0.29) is 0 Å². The minimum atomic E-state index is -3.37. The first-order valence-electron chi connectivity index (χ1n) is 8.46. The van der Waals surface area contributed by atoms with E-state index < -0.39 is 10.0 Å². The highest BCUT2D eigenvalue weighted by Crippen LogP contribution is 2.23. The average Bonchev–Trinajstić information content (AvgIpc) is 3.12. The Morgan fingerprint density at radius 1 is 1.19 bits per heavy atom. The van der Waals surface area contributed by atoms with E-state index in [1.54, 1.807) is 23.5 Å². The highest BCUT2D eigenvalue weighted by molar-refractivity contribution is 7.89. The number of hydrogen-bond donors (Lipinski definition) is 1. The Morgan fingerprint density at radius 2 is 1.88 bits per heavy atom. The van der Waals surface area contributed by atoms with Crippen molar-refractivity contribution in [3.8, 4) is 0 Å². The van der Waals surface area contributed by atoms with Crippen molar-refractivity contribution in [3.05, 3.63) is 40.9 Å². The number of aromatic nitrogens is 1. The number of morpholine rings is 1. The van der Waals surface area contributed by atoms with Gasteiger partial charge in [0.05, 0.1) is 18.1 Å². The summed E-state index contributed by atoms with van der Waals surface area (Å²) in [5, 5.41) is 4.43. The second kappa shape index (κ2) is 8.45. The van der Waals surface area contributed by atoms with Gasteiger partial charge in [0.15, 0.2) is 5.13 Å². The van der Waals surface area contributed by atoms with E-state index in [2.05, 4.69) is 15.2 Å². The van der Waals surface area contributed by atoms with E-state index >= 15 is 0 Å². The van der Waals surface area contributed by atoms with Gasteiger partial charge in [-0.2, -0.15) is 0 Å². The zero-order valence-electron chi connectivity index (χ0n) is 15.0. The molecular weight excluding hydrogens is 372 g/mol. The number of hydrogen-bond acceptors (Lipinski definition) is 7. The second-order valence-corrected chi connectivity index (χ2v) is 9.49. The summed E-state index contributed by atoms with van der Waals surface area (Å²) in [5.74, 6) is 0. The van der Waals surface area contributed by atoms with Crippen LogP contribution < -0.4 is 10.2 Å². The van der Waals surface area contributed by atoms with Gasteiger partial charge >= 0.3 is 0 Å². The lowest BCUT2D eigenvalue weighted by atomic mass is 10.2. The third kappa shape index (κ3) is 4.60. The average molecular weight is 397 g/mol. The molecule has 1 aromatic carbocycles. The molecule has 1 fully saturated rings. The molecule has 9 heteroatoms. The van der Waals surface area contributed by atoms with Crippen molar-refractivity contribution in [1.82, 2.24) is 14.6 Å². The molecule has 7 nitrogen and oxygen atoms in total. The lowest BCUT2D eigenvalue weighted by Gasteiger charge is -2.25. The Bertz CT molecular complexity index is 813. The van der Waals surface area contributed by atoms with Gasteiger partial charge in [0.25, 0.3) is 0 Å². The first kappa shape index (κ1) is 19.2. The molecule has 1 aromatic heterocycles.